The minimum Gasteiger partial charge on any atom is -0.459 e. The molecule has 3 rings (SSSR count). The van der Waals surface area contributed by atoms with Crippen molar-refractivity contribution in [2.75, 3.05) is 32.7 Å². The summed E-state index contributed by atoms with van der Waals surface area (Å²) in [6.07, 6.45) is 3.63. The first kappa shape index (κ1) is 24.2. The molecule has 1 amide bonds. The normalized spacial score (nSPS) is 14.7. The number of hydrogen-bond acceptors (Lipinski definition) is 5. The SMILES string of the molecule is CCNC(=NCc1cc(C(CC)CC)no1)N1CCN(C(=O)c2ccco2)CC1.I. The minimum absolute atomic E-state index is 0. The van der Waals surface area contributed by atoms with Gasteiger partial charge in [0, 0.05) is 44.7 Å². The van der Waals surface area contributed by atoms with E-state index in [0.29, 0.717) is 44.4 Å². The minimum atomic E-state index is -0.0628. The topological polar surface area (TPSA) is 87.1 Å². The number of rotatable bonds is 7. The van der Waals surface area contributed by atoms with Gasteiger partial charge in [0.15, 0.2) is 17.5 Å². The molecular formula is C21H32IN5O3. The summed E-state index contributed by atoms with van der Waals surface area (Å²) in [5.41, 5.74) is 1.01. The number of piperazine rings is 1. The average Bonchev–Trinajstić information content (AvgIpc) is 3.44. The predicted octanol–water partition coefficient (Wildman–Crippen LogP) is 3.71. The Bertz CT molecular complexity index is 793. The first-order chi connectivity index (χ1) is 14.2. The maximum absolute atomic E-state index is 12.4. The zero-order valence-corrected chi connectivity index (χ0v) is 20.3. The molecule has 8 nitrogen and oxygen atoms in total. The molecule has 0 atom stereocenters. The van der Waals surface area contributed by atoms with Gasteiger partial charge in [0.1, 0.15) is 6.54 Å². The Morgan fingerprint density at radius 2 is 1.90 bits per heavy atom. The van der Waals surface area contributed by atoms with Crippen molar-refractivity contribution in [3.63, 3.8) is 0 Å². The summed E-state index contributed by atoms with van der Waals surface area (Å²) in [5.74, 6) is 2.36. The van der Waals surface area contributed by atoms with Crippen molar-refractivity contribution in [3.05, 3.63) is 41.7 Å². The Morgan fingerprint density at radius 3 is 2.50 bits per heavy atom. The average molecular weight is 529 g/mol. The number of hydrogen-bond donors (Lipinski definition) is 1. The summed E-state index contributed by atoms with van der Waals surface area (Å²) in [7, 11) is 0. The molecule has 0 saturated carbocycles. The Balaban J connectivity index is 0.00000320. The number of nitrogens with one attached hydrogen (secondary N) is 1. The van der Waals surface area contributed by atoms with E-state index in [1.165, 1.54) is 6.26 Å². The molecule has 0 radical (unpaired) electrons. The van der Waals surface area contributed by atoms with Gasteiger partial charge in [-0.3, -0.25) is 4.79 Å². The van der Waals surface area contributed by atoms with Crippen molar-refractivity contribution in [1.82, 2.24) is 20.3 Å². The second kappa shape index (κ2) is 12.0. The molecule has 166 valence electrons. The monoisotopic (exact) mass is 529 g/mol. The van der Waals surface area contributed by atoms with E-state index in [2.05, 4.69) is 29.2 Å². The van der Waals surface area contributed by atoms with E-state index in [-0.39, 0.29) is 29.9 Å². The van der Waals surface area contributed by atoms with E-state index >= 15 is 0 Å². The zero-order chi connectivity index (χ0) is 20.6. The van der Waals surface area contributed by atoms with E-state index in [0.717, 1.165) is 36.8 Å². The van der Waals surface area contributed by atoms with Gasteiger partial charge < -0.3 is 24.1 Å². The molecule has 0 spiro atoms. The molecule has 9 heteroatoms. The van der Waals surface area contributed by atoms with Crippen LogP contribution in [0.25, 0.3) is 0 Å². The van der Waals surface area contributed by atoms with Crippen molar-refractivity contribution in [2.45, 2.75) is 46.1 Å². The van der Waals surface area contributed by atoms with Gasteiger partial charge in [0.05, 0.1) is 12.0 Å². The molecule has 1 aliphatic heterocycles. The Kier molecular flexibility index (Phi) is 9.67. The van der Waals surface area contributed by atoms with Crippen LogP contribution >= 0.6 is 24.0 Å². The van der Waals surface area contributed by atoms with Crippen LogP contribution in [0.5, 0.6) is 0 Å². The molecule has 0 aliphatic carbocycles. The Labute approximate surface area is 195 Å². The first-order valence-electron chi connectivity index (χ1n) is 10.5. The molecule has 3 heterocycles. The summed E-state index contributed by atoms with van der Waals surface area (Å²) >= 11 is 0. The third kappa shape index (κ3) is 5.99. The highest BCUT2D eigenvalue weighted by Crippen LogP contribution is 2.22. The number of aromatic nitrogens is 1. The Morgan fingerprint density at radius 1 is 1.20 bits per heavy atom. The number of amides is 1. The predicted molar refractivity (Wildman–Crippen MR) is 126 cm³/mol. The molecule has 2 aromatic heterocycles. The van der Waals surface area contributed by atoms with Gasteiger partial charge >= 0.3 is 0 Å². The van der Waals surface area contributed by atoms with Crippen molar-refractivity contribution < 1.29 is 13.7 Å². The van der Waals surface area contributed by atoms with Crippen molar-refractivity contribution in [1.29, 1.82) is 0 Å². The standard InChI is InChI=1S/C21H31N5O3.HI/c1-4-16(5-2)18-14-17(29-24-18)15-23-21(22-6-3)26-11-9-25(10-12-26)20(27)19-8-7-13-28-19;/h7-8,13-14,16H,4-6,9-12,15H2,1-3H3,(H,22,23);1H. The first-order valence-corrected chi connectivity index (χ1v) is 10.5. The number of halogens is 1. The fraction of sp³-hybridized carbons (Fsp3) is 0.571. The summed E-state index contributed by atoms with van der Waals surface area (Å²) in [5, 5.41) is 7.56. The zero-order valence-electron chi connectivity index (χ0n) is 18.0. The summed E-state index contributed by atoms with van der Waals surface area (Å²) < 4.78 is 10.7. The molecule has 1 aliphatic rings. The largest absolute Gasteiger partial charge is 0.459 e. The van der Waals surface area contributed by atoms with Crippen LogP contribution < -0.4 is 5.32 Å². The molecule has 30 heavy (non-hydrogen) atoms. The lowest BCUT2D eigenvalue weighted by Gasteiger charge is -2.36. The number of nitrogens with zero attached hydrogens (tertiary/aromatic N) is 4. The van der Waals surface area contributed by atoms with Crippen molar-refractivity contribution in [2.24, 2.45) is 4.99 Å². The lowest BCUT2D eigenvalue weighted by molar-refractivity contribution is 0.0657. The van der Waals surface area contributed by atoms with Gasteiger partial charge in [-0.1, -0.05) is 19.0 Å². The molecular weight excluding hydrogens is 497 g/mol. The van der Waals surface area contributed by atoms with Gasteiger partial charge in [-0.2, -0.15) is 0 Å². The third-order valence-corrected chi connectivity index (χ3v) is 5.30. The quantitative estimate of drug-likeness (QED) is 0.335. The fourth-order valence-corrected chi connectivity index (χ4v) is 3.56. The van der Waals surface area contributed by atoms with Crippen LogP contribution in [0.1, 0.15) is 61.5 Å². The number of furan rings is 1. The second-order valence-electron chi connectivity index (χ2n) is 7.16. The lowest BCUT2D eigenvalue weighted by atomic mass is 9.99. The van der Waals surface area contributed by atoms with E-state index < -0.39 is 0 Å². The molecule has 1 fully saturated rings. The molecule has 0 bridgehead atoms. The van der Waals surface area contributed by atoms with Crippen LogP contribution in [0.15, 0.2) is 38.4 Å². The van der Waals surface area contributed by atoms with Gasteiger partial charge in [0.2, 0.25) is 0 Å². The fourth-order valence-electron chi connectivity index (χ4n) is 3.56. The van der Waals surface area contributed by atoms with E-state index in [1.807, 2.05) is 17.9 Å². The van der Waals surface area contributed by atoms with Crippen LogP contribution in [-0.2, 0) is 6.54 Å². The highest BCUT2D eigenvalue weighted by atomic mass is 127. The van der Waals surface area contributed by atoms with E-state index in [4.69, 9.17) is 13.9 Å². The van der Waals surface area contributed by atoms with Crippen LogP contribution in [0.2, 0.25) is 0 Å². The lowest BCUT2D eigenvalue weighted by Crippen LogP contribution is -2.53. The molecule has 0 aromatic carbocycles. The number of aliphatic imine (C=N–C) groups is 1. The summed E-state index contributed by atoms with van der Waals surface area (Å²) in [4.78, 5) is 21.1. The molecule has 0 unspecified atom stereocenters. The number of guanidine groups is 1. The third-order valence-electron chi connectivity index (χ3n) is 5.30. The van der Waals surface area contributed by atoms with Crippen LogP contribution in [-0.4, -0.2) is 59.5 Å². The number of carbonyl (C=O) groups excluding carboxylic acids is 1. The van der Waals surface area contributed by atoms with Crippen LogP contribution in [0, 0.1) is 0 Å². The maximum atomic E-state index is 12.4. The van der Waals surface area contributed by atoms with Crippen LogP contribution in [0.4, 0.5) is 0 Å². The van der Waals surface area contributed by atoms with Crippen molar-refractivity contribution in [3.8, 4) is 0 Å². The van der Waals surface area contributed by atoms with Gasteiger partial charge in [-0.05, 0) is 31.9 Å². The van der Waals surface area contributed by atoms with Gasteiger partial charge in [-0.25, -0.2) is 4.99 Å². The maximum Gasteiger partial charge on any atom is 0.289 e. The smallest absolute Gasteiger partial charge is 0.289 e. The Hall–Kier alpha value is -2.04. The summed E-state index contributed by atoms with van der Waals surface area (Å²) in [6, 6.07) is 5.45. The molecule has 1 N–H and O–H groups in total. The highest BCUT2D eigenvalue weighted by molar-refractivity contribution is 14.0. The van der Waals surface area contributed by atoms with Gasteiger partial charge in [-0.15, -0.1) is 24.0 Å². The van der Waals surface area contributed by atoms with Crippen LogP contribution in [0.3, 0.4) is 0 Å². The highest BCUT2D eigenvalue weighted by Gasteiger charge is 2.25. The van der Waals surface area contributed by atoms with E-state index in [1.54, 1.807) is 12.1 Å². The molecule has 1 saturated heterocycles. The number of carbonyl (C=O) groups is 1. The molecule has 2 aromatic rings. The van der Waals surface area contributed by atoms with E-state index in [9.17, 15) is 4.79 Å². The summed E-state index contributed by atoms with van der Waals surface area (Å²) in [6.45, 7) is 10.3. The van der Waals surface area contributed by atoms with Crippen molar-refractivity contribution >= 4 is 35.8 Å². The second-order valence-corrected chi connectivity index (χ2v) is 7.16. The van der Waals surface area contributed by atoms with Gasteiger partial charge in [0.25, 0.3) is 5.91 Å².